The predicted octanol–water partition coefficient (Wildman–Crippen LogP) is 4.80. The van der Waals surface area contributed by atoms with Gasteiger partial charge in [0.1, 0.15) is 22.7 Å². The number of carbonyl (C=O) groups is 2. The number of thioether (sulfide) groups is 1. The molecule has 1 amide bonds. The molecule has 1 aromatic carbocycles. The van der Waals surface area contributed by atoms with Crippen molar-refractivity contribution in [3.63, 3.8) is 0 Å². The summed E-state index contributed by atoms with van der Waals surface area (Å²) in [5.74, 6) is -0.151. The van der Waals surface area contributed by atoms with Crippen LogP contribution in [0.2, 0.25) is 0 Å². The first-order chi connectivity index (χ1) is 15.6. The largest absolute Gasteiger partial charge is 0.464 e. The average Bonchev–Trinajstić information content (AvgIpc) is 3.53. The summed E-state index contributed by atoms with van der Waals surface area (Å²) < 4.78 is 12.5. The monoisotopic (exact) mass is 468 g/mol. The zero-order valence-corrected chi connectivity index (χ0v) is 19.0. The quantitative estimate of drug-likeness (QED) is 0.293. The number of nitrogens with one attached hydrogen (secondary N) is 1. The summed E-state index contributed by atoms with van der Waals surface area (Å²) in [6, 6.07) is 11.4. The smallest absolute Gasteiger partial charge is 0.341 e. The number of nitrogens with zero attached hydrogens (tertiary/aromatic N) is 3. The molecule has 3 aromatic heterocycles. The third-order valence-electron chi connectivity index (χ3n) is 4.53. The average molecular weight is 469 g/mol. The maximum absolute atomic E-state index is 12.7. The maximum atomic E-state index is 12.7. The molecular formula is C22H20N4O4S2. The molecule has 0 bridgehead atoms. The van der Waals surface area contributed by atoms with Crippen LogP contribution in [0.3, 0.4) is 0 Å². The van der Waals surface area contributed by atoms with Gasteiger partial charge >= 0.3 is 5.97 Å². The van der Waals surface area contributed by atoms with Crippen molar-refractivity contribution in [2.24, 2.45) is 0 Å². The molecule has 0 spiro atoms. The van der Waals surface area contributed by atoms with E-state index < -0.39 is 5.97 Å². The van der Waals surface area contributed by atoms with Gasteiger partial charge in [-0.15, -0.1) is 21.5 Å². The Morgan fingerprint density at radius 3 is 2.84 bits per heavy atom. The van der Waals surface area contributed by atoms with E-state index in [1.54, 1.807) is 30.8 Å². The third-order valence-corrected chi connectivity index (χ3v) is 6.37. The van der Waals surface area contributed by atoms with Gasteiger partial charge in [0.25, 0.3) is 0 Å². The molecule has 0 unspecified atom stereocenters. The van der Waals surface area contributed by atoms with Gasteiger partial charge in [-0.05, 0) is 37.6 Å². The Bertz CT molecular complexity index is 1230. The van der Waals surface area contributed by atoms with Gasteiger partial charge in [0.2, 0.25) is 5.91 Å². The number of furan rings is 1. The summed E-state index contributed by atoms with van der Waals surface area (Å²) in [5.41, 5.74) is 2.89. The summed E-state index contributed by atoms with van der Waals surface area (Å²) in [7, 11) is 0. The van der Waals surface area contributed by atoms with E-state index in [1.807, 2.05) is 35.8 Å². The van der Waals surface area contributed by atoms with E-state index in [0.29, 0.717) is 21.5 Å². The molecule has 164 valence electrons. The van der Waals surface area contributed by atoms with E-state index >= 15 is 0 Å². The summed E-state index contributed by atoms with van der Waals surface area (Å²) in [5, 5.41) is 13.7. The number of rotatable bonds is 8. The molecule has 4 aromatic rings. The first-order valence-electron chi connectivity index (χ1n) is 9.79. The van der Waals surface area contributed by atoms with Gasteiger partial charge in [-0.25, -0.2) is 4.79 Å². The minimum absolute atomic E-state index is 0.0980. The standard InChI is InChI=1S/C22H20N4O4S2/c1-3-29-21(28)19-15(17-9-6-10-30-17)11-31-20(19)24-18(27)12-32-22-25-23-13-26(22)16-8-5-4-7-14(16)2/h4-11,13H,3,12H2,1-2H3,(H,24,27). The number of benzene rings is 1. The number of carbonyl (C=O) groups excluding carboxylic acids is 2. The molecule has 3 heterocycles. The Labute approximate surface area is 192 Å². The van der Waals surface area contributed by atoms with Crippen LogP contribution in [-0.2, 0) is 9.53 Å². The minimum atomic E-state index is -0.512. The van der Waals surface area contributed by atoms with Crippen molar-refractivity contribution in [3.05, 3.63) is 65.5 Å². The van der Waals surface area contributed by atoms with Gasteiger partial charge in [0, 0.05) is 10.9 Å². The molecule has 1 N–H and O–H groups in total. The van der Waals surface area contributed by atoms with E-state index in [9.17, 15) is 9.59 Å². The zero-order chi connectivity index (χ0) is 22.5. The van der Waals surface area contributed by atoms with Gasteiger partial charge in [-0.3, -0.25) is 9.36 Å². The fourth-order valence-electron chi connectivity index (χ4n) is 3.08. The SMILES string of the molecule is CCOC(=O)c1c(-c2ccco2)csc1NC(=O)CSc1nncn1-c1ccccc1C. The first-order valence-corrected chi connectivity index (χ1v) is 11.7. The van der Waals surface area contributed by atoms with Gasteiger partial charge in [0.05, 0.1) is 24.3 Å². The van der Waals surface area contributed by atoms with Gasteiger partial charge in [0.15, 0.2) is 5.16 Å². The Hall–Kier alpha value is -3.37. The molecule has 0 atom stereocenters. The van der Waals surface area contributed by atoms with Crippen LogP contribution in [0, 0.1) is 6.92 Å². The Balaban J connectivity index is 1.50. The van der Waals surface area contributed by atoms with Crippen LogP contribution in [0.1, 0.15) is 22.8 Å². The van der Waals surface area contributed by atoms with E-state index in [4.69, 9.17) is 9.15 Å². The predicted molar refractivity (Wildman–Crippen MR) is 123 cm³/mol. The lowest BCUT2D eigenvalue weighted by Gasteiger charge is -2.09. The number of aryl methyl sites for hydroxylation is 1. The number of hydrogen-bond donors (Lipinski definition) is 1. The van der Waals surface area contributed by atoms with Gasteiger partial charge in [-0.2, -0.15) is 0 Å². The van der Waals surface area contributed by atoms with Crippen LogP contribution >= 0.6 is 23.1 Å². The van der Waals surface area contributed by atoms with Gasteiger partial charge < -0.3 is 14.5 Å². The Kier molecular flexibility index (Phi) is 6.72. The number of amides is 1. The van der Waals surface area contributed by atoms with E-state index in [0.717, 1.165) is 11.3 Å². The van der Waals surface area contributed by atoms with Crippen LogP contribution in [0.4, 0.5) is 5.00 Å². The van der Waals surface area contributed by atoms with Crippen LogP contribution < -0.4 is 5.32 Å². The number of para-hydroxylation sites is 1. The summed E-state index contributed by atoms with van der Waals surface area (Å²) >= 11 is 2.51. The molecule has 0 saturated carbocycles. The highest BCUT2D eigenvalue weighted by Gasteiger charge is 2.24. The topological polar surface area (TPSA) is 99.2 Å². The van der Waals surface area contributed by atoms with Crippen molar-refractivity contribution in [1.29, 1.82) is 0 Å². The Morgan fingerprint density at radius 1 is 1.25 bits per heavy atom. The van der Waals surface area contributed by atoms with Crippen molar-refractivity contribution in [3.8, 4) is 17.0 Å². The van der Waals surface area contributed by atoms with Crippen LogP contribution in [-0.4, -0.2) is 39.0 Å². The molecule has 0 saturated heterocycles. The second-order valence-electron chi connectivity index (χ2n) is 6.66. The van der Waals surface area contributed by atoms with E-state index in [2.05, 4.69) is 15.5 Å². The number of esters is 1. The van der Waals surface area contributed by atoms with Crippen molar-refractivity contribution in [2.75, 3.05) is 17.7 Å². The molecule has 0 aliphatic rings. The molecule has 0 aliphatic heterocycles. The first kappa shape index (κ1) is 21.8. The van der Waals surface area contributed by atoms with Gasteiger partial charge in [-0.1, -0.05) is 30.0 Å². The molecular weight excluding hydrogens is 448 g/mol. The number of hydrogen-bond acceptors (Lipinski definition) is 8. The maximum Gasteiger partial charge on any atom is 0.341 e. The fraction of sp³-hybridized carbons (Fsp3) is 0.182. The van der Waals surface area contributed by atoms with Crippen LogP contribution in [0.25, 0.3) is 17.0 Å². The highest BCUT2D eigenvalue weighted by molar-refractivity contribution is 7.99. The second kappa shape index (κ2) is 9.84. The molecule has 10 heteroatoms. The number of anilines is 1. The second-order valence-corrected chi connectivity index (χ2v) is 8.48. The summed E-state index contributed by atoms with van der Waals surface area (Å²) in [6.07, 6.45) is 3.15. The lowest BCUT2D eigenvalue weighted by atomic mass is 10.1. The van der Waals surface area contributed by atoms with Crippen molar-refractivity contribution >= 4 is 40.0 Å². The van der Waals surface area contributed by atoms with Crippen LogP contribution in [0.5, 0.6) is 0 Å². The van der Waals surface area contributed by atoms with Crippen molar-refractivity contribution in [2.45, 2.75) is 19.0 Å². The summed E-state index contributed by atoms with van der Waals surface area (Å²) in [6.45, 7) is 3.96. The van der Waals surface area contributed by atoms with Crippen molar-refractivity contribution in [1.82, 2.24) is 14.8 Å². The minimum Gasteiger partial charge on any atom is -0.464 e. The normalized spacial score (nSPS) is 10.8. The van der Waals surface area contributed by atoms with Crippen molar-refractivity contribution < 1.29 is 18.7 Å². The third kappa shape index (κ3) is 4.61. The molecule has 0 fully saturated rings. The highest BCUT2D eigenvalue weighted by Crippen LogP contribution is 2.36. The van der Waals surface area contributed by atoms with E-state index in [-0.39, 0.29) is 23.8 Å². The lowest BCUT2D eigenvalue weighted by molar-refractivity contribution is -0.113. The lowest BCUT2D eigenvalue weighted by Crippen LogP contribution is -2.16. The molecule has 32 heavy (non-hydrogen) atoms. The Morgan fingerprint density at radius 2 is 2.09 bits per heavy atom. The number of aromatic nitrogens is 3. The zero-order valence-electron chi connectivity index (χ0n) is 17.4. The molecule has 8 nitrogen and oxygen atoms in total. The molecule has 4 rings (SSSR count). The number of thiophene rings is 1. The van der Waals surface area contributed by atoms with Crippen LogP contribution in [0.15, 0.2) is 63.9 Å². The molecule has 0 aliphatic carbocycles. The highest BCUT2D eigenvalue weighted by atomic mass is 32.2. The fourth-order valence-corrected chi connectivity index (χ4v) is 4.76. The molecule has 0 radical (unpaired) electrons. The summed E-state index contributed by atoms with van der Waals surface area (Å²) in [4.78, 5) is 25.3. The number of ether oxygens (including phenoxy) is 1. The van der Waals surface area contributed by atoms with E-state index in [1.165, 1.54) is 29.4 Å².